The van der Waals surface area contributed by atoms with Crippen LogP contribution in [0.25, 0.3) is 0 Å². The van der Waals surface area contributed by atoms with Crippen molar-refractivity contribution in [1.29, 1.82) is 0 Å². The number of carbonyl (C=O) groups is 1. The zero-order valence-electron chi connectivity index (χ0n) is 9.45. The summed E-state index contributed by atoms with van der Waals surface area (Å²) in [6, 6.07) is 0. The summed E-state index contributed by atoms with van der Waals surface area (Å²) in [6.07, 6.45) is 3.46. The summed E-state index contributed by atoms with van der Waals surface area (Å²) < 4.78 is 4.96. The summed E-state index contributed by atoms with van der Waals surface area (Å²) in [5.74, 6) is -0.0717. The van der Waals surface area contributed by atoms with E-state index in [2.05, 4.69) is 13.8 Å². The van der Waals surface area contributed by atoms with Gasteiger partial charge in [0.2, 0.25) is 0 Å². The normalized spacial score (nSPS) is 14.9. The van der Waals surface area contributed by atoms with E-state index in [0.29, 0.717) is 12.5 Å². The molecule has 3 heteroatoms. The van der Waals surface area contributed by atoms with Crippen molar-refractivity contribution in [2.75, 3.05) is 6.61 Å². The average Bonchev–Trinajstić information content (AvgIpc) is 2.17. The van der Waals surface area contributed by atoms with Gasteiger partial charge in [-0.15, -0.1) is 0 Å². The monoisotopic (exact) mass is 202 g/mol. The van der Waals surface area contributed by atoms with Gasteiger partial charge in [-0.25, -0.2) is 4.79 Å². The van der Waals surface area contributed by atoms with Gasteiger partial charge in [-0.05, 0) is 19.3 Å². The lowest BCUT2D eigenvalue weighted by atomic mass is 10.0. The van der Waals surface area contributed by atoms with Crippen LogP contribution in [0.5, 0.6) is 0 Å². The van der Waals surface area contributed by atoms with Gasteiger partial charge < -0.3 is 9.84 Å². The van der Waals surface area contributed by atoms with Crippen LogP contribution in [0.15, 0.2) is 0 Å². The summed E-state index contributed by atoms with van der Waals surface area (Å²) in [5.41, 5.74) is 0. The van der Waals surface area contributed by atoms with E-state index in [1.807, 2.05) is 0 Å². The van der Waals surface area contributed by atoms with Crippen molar-refractivity contribution in [3.63, 3.8) is 0 Å². The van der Waals surface area contributed by atoms with Crippen LogP contribution in [0.3, 0.4) is 0 Å². The molecule has 0 saturated carbocycles. The highest BCUT2D eigenvalue weighted by molar-refractivity contribution is 5.73. The number of hydrogen-bond acceptors (Lipinski definition) is 3. The van der Waals surface area contributed by atoms with Gasteiger partial charge in [0.05, 0.1) is 6.61 Å². The Balaban J connectivity index is 3.66. The molecule has 3 nitrogen and oxygen atoms in total. The average molecular weight is 202 g/mol. The first-order chi connectivity index (χ1) is 6.61. The first kappa shape index (κ1) is 13.4. The molecule has 0 fully saturated rings. The Morgan fingerprint density at radius 2 is 2.07 bits per heavy atom. The highest BCUT2D eigenvalue weighted by atomic mass is 16.5. The van der Waals surface area contributed by atoms with Crippen molar-refractivity contribution in [2.45, 2.75) is 52.6 Å². The number of aliphatic hydroxyl groups is 1. The SMILES string of the molecule is CCCC[C@@H](CC)COC(=O)C(C)O. The van der Waals surface area contributed by atoms with E-state index in [4.69, 9.17) is 9.84 Å². The number of rotatable bonds is 7. The van der Waals surface area contributed by atoms with E-state index >= 15 is 0 Å². The summed E-state index contributed by atoms with van der Waals surface area (Å²) in [6.45, 7) is 6.11. The van der Waals surface area contributed by atoms with E-state index in [1.165, 1.54) is 19.8 Å². The van der Waals surface area contributed by atoms with Crippen molar-refractivity contribution >= 4 is 5.97 Å². The number of hydrogen-bond donors (Lipinski definition) is 1. The minimum atomic E-state index is -1.00. The van der Waals surface area contributed by atoms with Gasteiger partial charge >= 0.3 is 5.97 Å². The Bertz CT molecular complexity index is 155. The maximum Gasteiger partial charge on any atom is 0.334 e. The summed E-state index contributed by atoms with van der Waals surface area (Å²) in [7, 11) is 0. The number of unbranched alkanes of at least 4 members (excludes halogenated alkanes) is 1. The predicted octanol–water partition coefficient (Wildman–Crippen LogP) is 2.13. The van der Waals surface area contributed by atoms with Crippen LogP contribution in [0, 0.1) is 5.92 Å². The molecule has 2 atom stereocenters. The number of carbonyl (C=O) groups excluding carboxylic acids is 1. The Morgan fingerprint density at radius 1 is 1.43 bits per heavy atom. The summed E-state index contributed by atoms with van der Waals surface area (Å²) >= 11 is 0. The third-order valence-corrected chi connectivity index (χ3v) is 2.35. The van der Waals surface area contributed by atoms with Crippen LogP contribution in [-0.2, 0) is 9.53 Å². The highest BCUT2D eigenvalue weighted by Crippen LogP contribution is 2.12. The van der Waals surface area contributed by atoms with Crippen molar-refractivity contribution in [3.8, 4) is 0 Å². The first-order valence-electron chi connectivity index (χ1n) is 5.46. The van der Waals surface area contributed by atoms with Crippen LogP contribution >= 0.6 is 0 Å². The minimum Gasteiger partial charge on any atom is -0.463 e. The maximum atomic E-state index is 11.0. The summed E-state index contributed by atoms with van der Waals surface area (Å²) in [4.78, 5) is 11.0. The fourth-order valence-electron chi connectivity index (χ4n) is 1.22. The molecule has 0 aliphatic heterocycles. The van der Waals surface area contributed by atoms with Gasteiger partial charge in [-0.3, -0.25) is 0 Å². The van der Waals surface area contributed by atoms with Gasteiger partial charge in [0.1, 0.15) is 6.10 Å². The second kappa shape index (κ2) is 7.80. The first-order valence-corrected chi connectivity index (χ1v) is 5.46. The van der Waals surface area contributed by atoms with Gasteiger partial charge in [0.15, 0.2) is 0 Å². The Morgan fingerprint density at radius 3 is 2.50 bits per heavy atom. The Hall–Kier alpha value is -0.570. The predicted molar refractivity (Wildman–Crippen MR) is 55.9 cm³/mol. The molecule has 1 N–H and O–H groups in total. The number of ether oxygens (including phenoxy) is 1. The lowest BCUT2D eigenvalue weighted by molar-refractivity contribution is -0.154. The zero-order chi connectivity index (χ0) is 11.0. The molecule has 0 spiro atoms. The zero-order valence-corrected chi connectivity index (χ0v) is 9.45. The van der Waals surface area contributed by atoms with Crippen molar-refractivity contribution in [1.82, 2.24) is 0 Å². The van der Waals surface area contributed by atoms with Crippen molar-refractivity contribution in [3.05, 3.63) is 0 Å². The molecule has 0 aromatic rings. The topological polar surface area (TPSA) is 46.5 Å². The second-order valence-electron chi connectivity index (χ2n) is 3.72. The minimum absolute atomic E-state index is 0.442. The molecule has 0 aromatic heterocycles. The molecule has 0 aliphatic rings. The molecule has 0 saturated heterocycles. The third kappa shape index (κ3) is 5.97. The maximum absolute atomic E-state index is 11.0. The van der Waals surface area contributed by atoms with Crippen molar-refractivity contribution < 1.29 is 14.6 Å². The van der Waals surface area contributed by atoms with Gasteiger partial charge in [0, 0.05) is 0 Å². The molecular weight excluding hydrogens is 180 g/mol. The van der Waals surface area contributed by atoms with Crippen LogP contribution in [-0.4, -0.2) is 23.8 Å². The fourth-order valence-corrected chi connectivity index (χ4v) is 1.22. The number of aliphatic hydroxyl groups excluding tert-OH is 1. The van der Waals surface area contributed by atoms with Crippen molar-refractivity contribution in [2.24, 2.45) is 5.92 Å². The smallest absolute Gasteiger partial charge is 0.334 e. The molecule has 0 aromatic carbocycles. The largest absolute Gasteiger partial charge is 0.463 e. The molecule has 0 heterocycles. The fraction of sp³-hybridized carbons (Fsp3) is 0.909. The Kier molecular flexibility index (Phi) is 7.48. The standard InChI is InChI=1S/C11H22O3/c1-4-6-7-10(5-2)8-14-11(13)9(3)12/h9-10,12H,4-8H2,1-3H3/t9?,10-/m1/s1. The molecular formula is C11H22O3. The van der Waals surface area contributed by atoms with Gasteiger partial charge in [-0.2, -0.15) is 0 Å². The lowest BCUT2D eigenvalue weighted by Crippen LogP contribution is -2.22. The van der Waals surface area contributed by atoms with Crippen LogP contribution in [0.4, 0.5) is 0 Å². The van der Waals surface area contributed by atoms with E-state index in [9.17, 15) is 4.79 Å². The molecule has 0 radical (unpaired) electrons. The second-order valence-corrected chi connectivity index (χ2v) is 3.72. The van der Waals surface area contributed by atoms with E-state index in [-0.39, 0.29) is 0 Å². The molecule has 0 rings (SSSR count). The molecule has 0 bridgehead atoms. The Labute approximate surface area is 86.5 Å². The van der Waals surface area contributed by atoms with Gasteiger partial charge in [-0.1, -0.05) is 33.1 Å². The summed E-state index contributed by atoms with van der Waals surface area (Å²) in [5, 5.41) is 8.91. The lowest BCUT2D eigenvalue weighted by Gasteiger charge is -2.15. The third-order valence-electron chi connectivity index (χ3n) is 2.35. The molecule has 0 amide bonds. The van der Waals surface area contributed by atoms with E-state index < -0.39 is 12.1 Å². The number of esters is 1. The van der Waals surface area contributed by atoms with E-state index in [1.54, 1.807) is 0 Å². The molecule has 84 valence electrons. The van der Waals surface area contributed by atoms with Crippen LogP contribution < -0.4 is 0 Å². The molecule has 0 aliphatic carbocycles. The van der Waals surface area contributed by atoms with Crippen LogP contribution in [0.2, 0.25) is 0 Å². The van der Waals surface area contributed by atoms with Crippen LogP contribution in [0.1, 0.15) is 46.5 Å². The molecule has 14 heavy (non-hydrogen) atoms. The molecule has 1 unspecified atom stereocenters. The highest BCUT2D eigenvalue weighted by Gasteiger charge is 2.13. The van der Waals surface area contributed by atoms with E-state index in [0.717, 1.165) is 12.8 Å². The van der Waals surface area contributed by atoms with Gasteiger partial charge in [0.25, 0.3) is 0 Å². The quantitative estimate of drug-likeness (QED) is 0.643.